The first-order valence-corrected chi connectivity index (χ1v) is 9.55. The molecule has 0 bridgehead atoms. The van der Waals surface area contributed by atoms with E-state index in [0.29, 0.717) is 16.4 Å². The highest BCUT2D eigenvalue weighted by molar-refractivity contribution is 7.05. The van der Waals surface area contributed by atoms with Gasteiger partial charge in [0.2, 0.25) is 5.95 Å². The number of halogens is 5. The lowest BCUT2D eigenvalue weighted by Crippen LogP contribution is -2.55. The molecular formula is C14H8ClF4N9O4S. The average Bonchev–Trinajstić information content (AvgIpc) is 3.45. The largest absolute Gasteiger partial charge is 0.491 e. The fourth-order valence-electron chi connectivity index (χ4n) is 2.74. The molecule has 0 radical (unpaired) electrons. The van der Waals surface area contributed by atoms with E-state index in [1.54, 1.807) is 0 Å². The van der Waals surface area contributed by atoms with Crippen molar-refractivity contribution < 1.29 is 36.7 Å². The average molecular weight is 510 g/mol. The minimum atomic E-state index is -5.48. The van der Waals surface area contributed by atoms with E-state index < -0.39 is 40.6 Å². The summed E-state index contributed by atoms with van der Waals surface area (Å²) in [5, 5.41) is 13.6. The minimum absolute atomic E-state index is 0.0213. The smallest absolute Gasteiger partial charge is 0.408 e. The number of hydrogen-bond donors (Lipinski definition) is 2. The van der Waals surface area contributed by atoms with Gasteiger partial charge in [-0.05, 0) is 40.2 Å². The van der Waals surface area contributed by atoms with Crippen molar-refractivity contribution in [2.75, 3.05) is 10.6 Å². The number of hydrogen-bond acceptors (Lipinski definition) is 12. The summed E-state index contributed by atoms with van der Waals surface area (Å²) in [6.45, 7) is -0.287. The summed E-state index contributed by atoms with van der Waals surface area (Å²) in [6, 6.07) is 2.73. The summed E-state index contributed by atoms with van der Waals surface area (Å²) < 4.78 is 62.4. The molecule has 1 saturated heterocycles. The zero-order valence-corrected chi connectivity index (χ0v) is 17.2. The second-order valence-corrected chi connectivity index (χ2v) is 7.42. The molecule has 0 spiro atoms. The summed E-state index contributed by atoms with van der Waals surface area (Å²) in [4.78, 5) is 29.5. The minimum Gasteiger partial charge on any atom is -0.408 e. The highest BCUT2D eigenvalue weighted by atomic mass is 35.5. The highest BCUT2D eigenvalue weighted by Gasteiger charge is 2.60. The molecule has 1 aromatic carbocycles. The molecule has 1 atom stereocenters. The number of amides is 1. The van der Waals surface area contributed by atoms with Gasteiger partial charge < -0.3 is 15.3 Å². The van der Waals surface area contributed by atoms with Crippen LogP contribution >= 0.6 is 23.1 Å². The number of benzene rings is 1. The Morgan fingerprint density at radius 1 is 1.36 bits per heavy atom. The Morgan fingerprint density at radius 2 is 2.12 bits per heavy atom. The third-order valence-electron chi connectivity index (χ3n) is 4.14. The molecule has 1 fully saturated rings. The molecule has 33 heavy (non-hydrogen) atoms. The Hall–Kier alpha value is -3.64. The van der Waals surface area contributed by atoms with Gasteiger partial charge in [0, 0.05) is 0 Å². The normalized spacial score (nSPS) is 18.5. The number of alkyl halides is 3. The molecule has 13 nitrogen and oxygen atoms in total. The first-order valence-electron chi connectivity index (χ1n) is 8.39. The summed E-state index contributed by atoms with van der Waals surface area (Å²) in [6.07, 6.45) is -6.80. The van der Waals surface area contributed by atoms with Gasteiger partial charge in [-0.3, -0.25) is 0 Å². The fraction of sp³-hybridized carbons (Fsp3) is 0.214. The molecular weight excluding hydrogens is 502 g/mol. The summed E-state index contributed by atoms with van der Waals surface area (Å²) >= 11 is 6.41. The number of aromatic nitrogens is 6. The maximum Gasteiger partial charge on any atom is 0.491 e. The molecule has 2 aromatic heterocycles. The first-order chi connectivity index (χ1) is 15.5. The Labute approximate surface area is 188 Å². The van der Waals surface area contributed by atoms with Gasteiger partial charge in [-0.2, -0.15) is 13.2 Å². The van der Waals surface area contributed by atoms with E-state index in [4.69, 9.17) is 17.3 Å². The van der Waals surface area contributed by atoms with Gasteiger partial charge in [-0.15, -0.1) is 5.10 Å². The van der Waals surface area contributed by atoms with Crippen LogP contribution < -0.4 is 16.1 Å². The Balaban J connectivity index is 1.87. The lowest BCUT2D eigenvalue weighted by atomic mass is 10.2. The van der Waals surface area contributed by atoms with Crippen LogP contribution in [0.5, 0.6) is 0 Å². The van der Waals surface area contributed by atoms with Crippen LogP contribution in [0.2, 0.25) is 5.02 Å². The van der Waals surface area contributed by atoms with Crippen molar-refractivity contribution in [3.05, 3.63) is 39.6 Å². The Morgan fingerprint density at radius 3 is 2.76 bits per heavy atom. The Kier molecular flexibility index (Phi) is 5.50. The summed E-state index contributed by atoms with van der Waals surface area (Å²) in [5.74, 6) is -6.57. The van der Waals surface area contributed by atoms with Crippen molar-refractivity contribution in [1.29, 1.82) is 0 Å². The topological polar surface area (TPSA) is 163 Å². The van der Waals surface area contributed by atoms with Crippen LogP contribution in [0.1, 0.15) is 10.6 Å². The van der Waals surface area contributed by atoms with Crippen molar-refractivity contribution in [3.63, 3.8) is 0 Å². The SMILES string of the molecule is Nc1nnnn1Cc1snnc1C1(OC(=O)C(F)(F)F)NOC(=O)N1c1ccc(F)c(Cl)c1. The van der Waals surface area contributed by atoms with E-state index in [1.807, 2.05) is 5.48 Å². The number of carbonyl (C=O) groups excluding carboxylic acids is 2. The molecule has 4 rings (SSSR count). The van der Waals surface area contributed by atoms with Gasteiger partial charge in [0.25, 0.3) is 0 Å². The summed E-state index contributed by atoms with van der Waals surface area (Å²) in [5.41, 5.74) is 6.76. The zero-order chi connectivity index (χ0) is 24.0. The van der Waals surface area contributed by atoms with Crippen LogP contribution in [0.4, 0.5) is 34.0 Å². The molecule has 174 valence electrons. The van der Waals surface area contributed by atoms with Gasteiger partial charge in [0.05, 0.1) is 22.1 Å². The molecule has 0 saturated carbocycles. The number of hydroxylamine groups is 1. The predicted octanol–water partition coefficient (Wildman–Crippen LogP) is 1.32. The number of anilines is 2. The van der Waals surface area contributed by atoms with Crippen molar-refractivity contribution in [2.45, 2.75) is 18.6 Å². The number of esters is 1. The van der Waals surface area contributed by atoms with E-state index in [1.165, 1.54) is 0 Å². The van der Waals surface area contributed by atoms with E-state index in [-0.39, 0.29) is 23.1 Å². The number of nitrogen functional groups attached to an aromatic ring is 1. The first kappa shape index (κ1) is 22.6. The molecule has 0 aliphatic carbocycles. The molecule has 3 N–H and O–H groups in total. The van der Waals surface area contributed by atoms with Gasteiger partial charge in [0.1, 0.15) is 5.82 Å². The lowest BCUT2D eigenvalue weighted by Gasteiger charge is -2.33. The van der Waals surface area contributed by atoms with Crippen molar-refractivity contribution in [1.82, 2.24) is 35.3 Å². The maximum absolute atomic E-state index is 13.7. The quantitative estimate of drug-likeness (QED) is 0.376. The van der Waals surface area contributed by atoms with Gasteiger partial charge in [0.15, 0.2) is 5.69 Å². The number of rotatable bonds is 5. The third kappa shape index (κ3) is 3.98. The van der Waals surface area contributed by atoms with Crippen molar-refractivity contribution in [3.8, 4) is 0 Å². The third-order valence-corrected chi connectivity index (χ3v) is 5.13. The Bertz CT molecular complexity index is 1240. The van der Waals surface area contributed by atoms with Crippen LogP contribution in [0, 0.1) is 5.82 Å². The lowest BCUT2D eigenvalue weighted by molar-refractivity contribution is -0.222. The van der Waals surface area contributed by atoms with Crippen LogP contribution in [0.15, 0.2) is 18.2 Å². The van der Waals surface area contributed by atoms with Crippen LogP contribution in [-0.2, 0) is 26.8 Å². The molecule has 1 amide bonds. The van der Waals surface area contributed by atoms with E-state index in [2.05, 4.69) is 34.7 Å². The monoisotopic (exact) mass is 509 g/mol. The van der Waals surface area contributed by atoms with Crippen molar-refractivity contribution >= 4 is 46.8 Å². The van der Waals surface area contributed by atoms with Gasteiger partial charge in [-0.1, -0.05) is 26.7 Å². The number of carbonyl (C=O) groups is 2. The molecule has 3 heterocycles. The van der Waals surface area contributed by atoms with Crippen LogP contribution in [0.25, 0.3) is 0 Å². The number of nitrogens with two attached hydrogens (primary N) is 1. The number of nitrogens with zero attached hydrogens (tertiary/aromatic N) is 7. The molecule has 3 aromatic rings. The second kappa shape index (κ2) is 8.05. The van der Waals surface area contributed by atoms with E-state index in [0.717, 1.165) is 22.9 Å². The van der Waals surface area contributed by atoms with Crippen molar-refractivity contribution in [2.24, 2.45) is 0 Å². The number of tetrazole rings is 1. The van der Waals surface area contributed by atoms with Gasteiger partial charge >= 0.3 is 24.1 Å². The van der Waals surface area contributed by atoms with Crippen LogP contribution in [-0.4, -0.2) is 48.0 Å². The van der Waals surface area contributed by atoms with E-state index >= 15 is 0 Å². The maximum atomic E-state index is 13.7. The predicted molar refractivity (Wildman–Crippen MR) is 98.6 cm³/mol. The zero-order valence-electron chi connectivity index (χ0n) is 15.6. The number of ether oxygens (including phenoxy) is 1. The molecule has 1 aliphatic rings. The van der Waals surface area contributed by atoms with E-state index in [9.17, 15) is 27.2 Å². The number of nitrogens with one attached hydrogen (secondary N) is 1. The fourth-order valence-corrected chi connectivity index (χ4v) is 3.58. The van der Waals surface area contributed by atoms with Gasteiger partial charge in [-0.25, -0.2) is 23.6 Å². The second-order valence-electron chi connectivity index (χ2n) is 6.17. The standard InChI is InChI=1S/C14H8ClF4N9O4S/c15-6-3-5(1-2-7(6)16)28-12(30)32-23-14(28,31-10(29)13(17,18)19)9-8(33-26-21-9)4-27-11(20)22-24-25-27/h1-3,23H,4H2,(H2,20,22,25). The van der Waals surface area contributed by atoms with Crippen LogP contribution in [0.3, 0.4) is 0 Å². The molecule has 1 unspecified atom stereocenters. The summed E-state index contributed by atoms with van der Waals surface area (Å²) in [7, 11) is 0. The highest BCUT2D eigenvalue weighted by Crippen LogP contribution is 2.40. The molecule has 1 aliphatic heterocycles. The molecule has 19 heteroatoms.